The van der Waals surface area contributed by atoms with Crippen LogP contribution in [0.25, 0.3) is 5.70 Å². The molecule has 1 unspecified atom stereocenters. The maximum absolute atomic E-state index is 12.1. The number of carbonyl (C=O) groups excluding carboxylic acids is 1. The molecule has 0 aliphatic heterocycles. The first-order valence-corrected chi connectivity index (χ1v) is 6.15. The molecule has 1 saturated carbocycles. The van der Waals surface area contributed by atoms with Gasteiger partial charge in [0, 0.05) is 23.6 Å². The second-order valence-electron chi connectivity index (χ2n) is 5.02. The fourth-order valence-electron chi connectivity index (χ4n) is 2.16. The van der Waals surface area contributed by atoms with Crippen LogP contribution in [0.2, 0.25) is 0 Å². The molecule has 1 heterocycles. The predicted molar refractivity (Wildman–Crippen MR) is 69.8 cm³/mol. The van der Waals surface area contributed by atoms with Crippen molar-refractivity contribution in [1.82, 2.24) is 9.88 Å². The van der Waals surface area contributed by atoms with Gasteiger partial charge in [0.15, 0.2) is 0 Å². The highest BCUT2D eigenvalue weighted by Gasteiger charge is 2.29. The minimum Gasteiger partial charge on any atom is -0.349 e. The fraction of sp³-hybridized carbons (Fsp3) is 0.500. The van der Waals surface area contributed by atoms with Crippen molar-refractivity contribution < 1.29 is 4.79 Å². The number of nitrogens with zero attached hydrogens (tertiary/aromatic N) is 1. The largest absolute Gasteiger partial charge is 0.349 e. The summed E-state index contributed by atoms with van der Waals surface area (Å²) in [5, 5.41) is 3.07. The third-order valence-electron chi connectivity index (χ3n) is 3.49. The van der Waals surface area contributed by atoms with E-state index in [1.54, 1.807) is 0 Å². The van der Waals surface area contributed by atoms with E-state index in [1.165, 1.54) is 12.8 Å². The van der Waals surface area contributed by atoms with Gasteiger partial charge < -0.3 is 9.88 Å². The molecule has 0 radical (unpaired) electrons. The fourth-order valence-corrected chi connectivity index (χ4v) is 2.16. The molecule has 0 bridgehead atoms. The predicted octanol–water partition coefficient (Wildman–Crippen LogP) is 2.82. The van der Waals surface area contributed by atoms with Crippen LogP contribution in [0.5, 0.6) is 0 Å². The van der Waals surface area contributed by atoms with Crippen LogP contribution in [0.4, 0.5) is 0 Å². The molecule has 17 heavy (non-hydrogen) atoms. The molecule has 3 heteroatoms. The smallest absolute Gasteiger partial charge is 0.253 e. The van der Waals surface area contributed by atoms with Crippen LogP contribution >= 0.6 is 0 Å². The van der Waals surface area contributed by atoms with Gasteiger partial charge in [0.25, 0.3) is 5.91 Å². The molecule has 1 fully saturated rings. The number of aromatic nitrogens is 1. The van der Waals surface area contributed by atoms with Gasteiger partial charge in [-0.3, -0.25) is 4.79 Å². The standard InChI is InChI=1S/C14H20N2O/c1-9(2)16-8-7-13(11(16)4)14(17)15-10(3)12-5-6-12/h7-8,10,12H,1,5-6H2,2-4H3,(H,15,17). The Kier molecular flexibility index (Phi) is 3.09. The minimum absolute atomic E-state index is 0.0295. The lowest BCUT2D eigenvalue weighted by atomic mass is 10.2. The highest BCUT2D eigenvalue weighted by molar-refractivity contribution is 5.95. The number of hydrogen-bond donors (Lipinski definition) is 1. The van der Waals surface area contributed by atoms with Crippen LogP contribution in [-0.4, -0.2) is 16.5 Å². The molecule has 1 atom stereocenters. The van der Waals surface area contributed by atoms with Gasteiger partial charge >= 0.3 is 0 Å². The highest BCUT2D eigenvalue weighted by atomic mass is 16.1. The van der Waals surface area contributed by atoms with E-state index in [0.29, 0.717) is 5.92 Å². The average Bonchev–Trinajstić information content (AvgIpc) is 3.01. The van der Waals surface area contributed by atoms with Crippen molar-refractivity contribution in [2.24, 2.45) is 5.92 Å². The molecule has 1 N–H and O–H groups in total. The van der Waals surface area contributed by atoms with Crippen LogP contribution in [0.3, 0.4) is 0 Å². The van der Waals surface area contributed by atoms with Crippen LogP contribution in [0.15, 0.2) is 18.8 Å². The molecule has 1 aliphatic rings. The molecule has 0 spiro atoms. The van der Waals surface area contributed by atoms with Crippen molar-refractivity contribution in [3.63, 3.8) is 0 Å². The summed E-state index contributed by atoms with van der Waals surface area (Å²) >= 11 is 0. The van der Waals surface area contributed by atoms with Gasteiger partial charge in [-0.25, -0.2) is 0 Å². The zero-order valence-corrected chi connectivity index (χ0v) is 10.8. The Bertz CT molecular complexity index is 455. The zero-order valence-electron chi connectivity index (χ0n) is 10.8. The van der Waals surface area contributed by atoms with E-state index >= 15 is 0 Å². The Morgan fingerprint density at radius 3 is 2.71 bits per heavy atom. The average molecular weight is 232 g/mol. The number of amides is 1. The molecule has 1 amide bonds. The van der Waals surface area contributed by atoms with E-state index in [2.05, 4.69) is 18.8 Å². The Hall–Kier alpha value is -1.51. The lowest BCUT2D eigenvalue weighted by Crippen LogP contribution is -2.34. The maximum Gasteiger partial charge on any atom is 0.253 e. The van der Waals surface area contributed by atoms with Gasteiger partial charge in [0.05, 0.1) is 5.56 Å². The van der Waals surface area contributed by atoms with E-state index in [9.17, 15) is 4.79 Å². The third kappa shape index (κ3) is 2.43. The lowest BCUT2D eigenvalue weighted by molar-refractivity contribution is 0.0935. The van der Waals surface area contributed by atoms with Gasteiger partial charge in [-0.05, 0) is 45.6 Å². The summed E-state index contributed by atoms with van der Waals surface area (Å²) in [7, 11) is 0. The highest BCUT2D eigenvalue weighted by Crippen LogP contribution is 2.32. The first-order chi connectivity index (χ1) is 8.00. The van der Waals surface area contributed by atoms with Gasteiger partial charge in [-0.1, -0.05) is 6.58 Å². The van der Waals surface area contributed by atoms with E-state index < -0.39 is 0 Å². The molecule has 92 valence electrons. The molecular formula is C14H20N2O. The van der Waals surface area contributed by atoms with Gasteiger partial charge in [0.2, 0.25) is 0 Å². The molecule has 1 aliphatic carbocycles. The van der Waals surface area contributed by atoms with E-state index in [4.69, 9.17) is 0 Å². The Labute approximate surface area is 103 Å². The molecule has 2 rings (SSSR count). The number of rotatable bonds is 4. The van der Waals surface area contributed by atoms with Crippen LogP contribution in [0, 0.1) is 12.8 Å². The van der Waals surface area contributed by atoms with Crippen LogP contribution in [0.1, 0.15) is 42.7 Å². The molecule has 0 aromatic carbocycles. The number of allylic oxidation sites excluding steroid dienone is 1. The zero-order chi connectivity index (χ0) is 12.6. The first kappa shape index (κ1) is 12.0. The SMILES string of the molecule is C=C(C)n1ccc(C(=O)NC(C)C2CC2)c1C. The summed E-state index contributed by atoms with van der Waals surface area (Å²) in [6, 6.07) is 2.15. The van der Waals surface area contributed by atoms with Crippen LogP contribution < -0.4 is 5.32 Å². The lowest BCUT2D eigenvalue weighted by Gasteiger charge is -2.13. The quantitative estimate of drug-likeness (QED) is 0.851. The van der Waals surface area contributed by atoms with Crippen molar-refractivity contribution in [3.8, 4) is 0 Å². The van der Waals surface area contributed by atoms with E-state index in [0.717, 1.165) is 17.0 Å². The first-order valence-electron chi connectivity index (χ1n) is 6.15. The van der Waals surface area contributed by atoms with Crippen molar-refractivity contribution in [2.75, 3.05) is 0 Å². The molecular weight excluding hydrogens is 212 g/mol. The second-order valence-corrected chi connectivity index (χ2v) is 5.02. The van der Waals surface area contributed by atoms with E-state index in [1.807, 2.05) is 30.7 Å². The number of nitrogens with one attached hydrogen (secondary N) is 1. The molecule has 0 saturated heterocycles. The summed E-state index contributed by atoms with van der Waals surface area (Å²) in [5.74, 6) is 0.712. The number of carbonyl (C=O) groups is 1. The van der Waals surface area contributed by atoms with Crippen molar-refractivity contribution in [3.05, 3.63) is 30.1 Å². The van der Waals surface area contributed by atoms with Gasteiger partial charge in [0.1, 0.15) is 0 Å². The van der Waals surface area contributed by atoms with Crippen LogP contribution in [-0.2, 0) is 0 Å². The summed E-state index contributed by atoms with van der Waals surface area (Å²) < 4.78 is 1.94. The summed E-state index contributed by atoms with van der Waals surface area (Å²) in [5.41, 5.74) is 2.63. The summed E-state index contributed by atoms with van der Waals surface area (Å²) in [4.78, 5) is 12.1. The van der Waals surface area contributed by atoms with Gasteiger partial charge in [-0.15, -0.1) is 0 Å². The van der Waals surface area contributed by atoms with Crippen molar-refractivity contribution in [2.45, 2.75) is 39.7 Å². The number of hydrogen-bond acceptors (Lipinski definition) is 1. The Balaban J connectivity index is 2.10. The Morgan fingerprint density at radius 1 is 1.59 bits per heavy atom. The van der Waals surface area contributed by atoms with Gasteiger partial charge in [-0.2, -0.15) is 0 Å². The normalized spacial score (nSPS) is 16.6. The van der Waals surface area contributed by atoms with Crippen molar-refractivity contribution >= 4 is 11.6 Å². The molecule has 1 aromatic heterocycles. The third-order valence-corrected chi connectivity index (χ3v) is 3.49. The summed E-state index contributed by atoms with van der Waals surface area (Å²) in [6.07, 6.45) is 4.38. The van der Waals surface area contributed by atoms with Crippen molar-refractivity contribution in [1.29, 1.82) is 0 Å². The topological polar surface area (TPSA) is 34.0 Å². The maximum atomic E-state index is 12.1. The monoisotopic (exact) mass is 232 g/mol. The molecule has 3 nitrogen and oxygen atoms in total. The summed E-state index contributed by atoms with van der Waals surface area (Å²) in [6.45, 7) is 9.86. The Morgan fingerprint density at radius 2 is 2.24 bits per heavy atom. The minimum atomic E-state index is 0.0295. The second kappa shape index (κ2) is 4.40. The molecule has 1 aromatic rings. The van der Waals surface area contributed by atoms with E-state index in [-0.39, 0.29) is 11.9 Å².